The van der Waals surface area contributed by atoms with Gasteiger partial charge in [0.25, 0.3) is 0 Å². The van der Waals surface area contributed by atoms with Crippen LogP contribution in [0.2, 0.25) is 0 Å². The van der Waals surface area contributed by atoms with E-state index in [0.29, 0.717) is 36.8 Å². The number of carbonyl (C=O) groups is 2. The Morgan fingerprint density at radius 2 is 1.96 bits per heavy atom. The van der Waals surface area contributed by atoms with Gasteiger partial charge in [-0.2, -0.15) is 13.2 Å². The summed E-state index contributed by atoms with van der Waals surface area (Å²) >= 11 is 0. The molecule has 1 aromatic rings. The lowest BCUT2D eigenvalue weighted by atomic mass is 10.1. The Morgan fingerprint density at radius 1 is 1.26 bits per heavy atom. The number of anilines is 1. The zero-order chi connectivity index (χ0) is 19.6. The number of halogens is 3. The number of fused-ring (bicyclic) bond motifs is 1. The van der Waals surface area contributed by atoms with Crippen molar-refractivity contribution in [3.8, 4) is 11.5 Å². The fraction of sp³-hybridized carbons (Fsp3) is 0.556. The van der Waals surface area contributed by atoms with E-state index < -0.39 is 24.5 Å². The summed E-state index contributed by atoms with van der Waals surface area (Å²) in [5, 5.41) is 0. The lowest BCUT2D eigenvalue weighted by Crippen LogP contribution is -2.43. The van der Waals surface area contributed by atoms with Gasteiger partial charge in [-0.05, 0) is 18.6 Å². The van der Waals surface area contributed by atoms with Crippen molar-refractivity contribution in [2.45, 2.75) is 25.9 Å². The smallest absolute Gasteiger partial charge is 0.406 e. The maximum atomic E-state index is 12.8. The van der Waals surface area contributed by atoms with E-state index in [1.807, 2.05) is 0 Å². The van der Waals surface area contributed by atoms with E-state index in [4.69, 9.17) is 9.47 Å². The van der Waals surface area contributed by atoms with Gasteiger partial charge in [0.2, 0.25) is 11.8 Å². The van der Waals surface area contributed by atoms with Crippen LogP contribution in [0.15, 0.2) is 18.2 Å². The molecule has 2 amide bonds. The molecule has 9 heteroatoms. The Morgan fingerprint density at radius 3 is 2.63 bits per heavy atom. The minimum Gasteiger partial charge on any atom is -0.486 e. The molecule has 6 nitrogen and oxygen atoms in total. The molecule has 0 spiro atoms. The van der Waals surface area contributed by atoms with Gasteiger partial charge in [-0.15, -0.1) is 0 Å². The first kappa shape index (κ1) is 19.3. The van der Waals surface area contributed by atoms with Crippen LogP contribution >= 0.6 is 0 Å². The Labute approximate surface area is 154 Å². The maximum Gasteiger partial charge on any atom is 0.406 e. The second-order valence-electron chi connectivity index (χ2n) is 6.61. The van der Waals surface area contributed by atoms with Crippen molar-refractivity contribution < 1.29 is 32.2 Å². The molecule has 1 aromatic carbocycles. The normalized spacial score (nSPS) is 19.3. The fourth-order valence-electron chi connectivity index (χ4n) is 3.33. The van der Waals surface area contributed by atoms with Crippen molar-refractivity contribution in [2.75, 3.05) is 37.7 Å². The van der Waals surface area contributed by atoms with Crippen LogP contribution in [0.1, 0.15) is 19.8 Å². The van der Waals surface area contributed by atoms with Gasteiger partial charge in [0.1, 0.15) is 19.8 Å². The summed E-state index contributed by atoms with van der Waals surface area (Å²) in [7, 11) is 0. The van der Waals surface area contributed by atoms with Crippen molar-refractivity contribution in [1.82, 2.24) is 4.90 Å². The highest BCUT2D eigenvalue weighted by molar-refractivity contribution is 6.00. The van der Waals surface area contributed by atoms with Crippen molar-refractivity contribution in [3.63, 3.8) is 0 Å². The van der Waals surface area contributed by atoms with Gasteiger partial charge < -0.3 is 19.3 Å². The highest BCUT2D eigenvalue weighted by Gasteiger charge is 2.40. The number of amides is 2. The molecular weight excluding hydrogens is 365 g/mol. The summed E-state index contributed by atoms with van der Waals surface area (Å²) in [6, 6.07) is 5.01. The molecule has 1 saturated heterocycles. The summed E-state index contributed by atoms with van der Waals surface area (Å²) in [4.78, 5) is 27.2. The molecule has 1 atom stereocenters. The first-order chi connectivity index (χ1) is 12.8. The lowest BCUT2D eigenvalue weighted by Gasteiger charge is -2.26. The summed E-state index contributed by atoms with van der Waals surface area (Å²) in [6.45, 7) is 1.31. The molecule has 2 aliphatic heterocycles. The highest BCUT2D eigenvalue weighted by atomic mass is 19.4. The number of ether oxygens (including phenoxy) is 2. The van der Waals surface area contributed by atoms with Crippen molar-refractivity contribution >= 4 is 17.5 Å². The molecule has 148 valence electrons. The molecule has 0 bridgehead atoms. The molecule has 2 heterocycles. The van der Waals surface area contributed by atoms with Gasteiger partial charge in [-0.3, -0.25) is 9.59 Å². The summed E-state index contributed by atoms with van der Waals surface area (Å²) in [5.41, 5.74) is 0.539. The van der Waals surface area contributed by atoms with E-state index in [-0.39, 0.29) is 25.4 Å². The zero-order valence-corrected chi connectivity index (χ0v) is 14.9. The number of benzene rings is 1. The molecule has 1 fully saturated rings. The Kier molecular flexibility index (Phi) is 5.48. The topological polar surface area (TPSA) is 59.1 Å². The number of hydrogen-bond donors (Lipinski definition) is 0. The quantitative estimate of drug-likeness (QED) is 0.781. The molecule has 0 N–H and O–H groups in total. The van der Waals surface area contributed by atoms with Crippen molar-refractivity contribution in [3.05, 3.63) is 18.2 Å². The van der Waals surface area contributed by atoms with E-state index >= 15 is 0 Å². The van der Waals surface area contributed by atoms with Crippen LogP contribution in [0, 0.1) is 5.92 Å². The minimum absolute atomic E-state index is 0.00700. The first-order valence-electron chi connectivity index (χ1n) is 8.84. The third-order valence-corrected chi connectivity index (χ3v) is 4.49. The van der Waals surface area contributed by atoms with Crippen LogP contribution in [-0.4, -0.2) is 55.7 Å². The number of hydrogen-bond acceptors (Lipinski definition) is 4. The van der Waals surface area contributed by atoms with Crippen molar-refractivity contribution in [1.29, 1.82) is 0 Å². The van der Waals surface area contributed by atoms with E-state index in [9.17, 15) is 22.8 Å². The summed E-state index contributed by atoms with van der Waals surface area (Å²) < 4.78 is 49.2. The van der Waals surface area contributed by atoms with Crippen LogP contribution in [0.4, 0.5) is 18.9 Å². The van der Waals surface area contributed by atoms with E-state index in [1.54, 1.807) is 25.1 Å². The van der Waals surface area contributed by atoms with E-state index in [1.165, 1.54) is 4.90 Å². The third-order valence-electron chi connectivity index (χ3n) is 4.49. The second kappa shape index (κ2) is 7.66. The minimum atomic E-state index is -4.47. The van der Waals surface area contributed by atoms with Crippen LogP contribution in [0.3, 0.4) is 0 Å². The largest absolute Gasteiger partial charge is 0.486 e. The lowest BCUT2D eigenvalue weighted by molar-refractivity contribution is -0.163. The van der Waals surface area contributed by atoms with E-state index in [0.717, 1.165) is 4.90 Å². The SMILES string of the molecule is CCCN(CC(F)(F)F)C(=O)C1CC(=O)N(c2ccc3c(c2)OCCO3)C1. The average molecular weight is 386 g/mol. The second-order valence-corrected chi connectivity index (χ2v) is 6.61. The monoisotopic (exact) mass is 386 g/mol. The van der Waals surface area contributed by atoms with Gasteiger partial charge in [-0.1, -0.05) is 6.92 Å². The average Bonchev–Trinajstić information content (AvgIpc) is 3.01. The Hall–Kier alpha value is -2.45. The zero-order valence-electron chi connectivity index (χ0n) is 14.9. The molecule has 0 radical (unpaired) electrons. The number of carbonyl (C=O) groups excluding carboxylic acids is 2. The number of alkyl halides is 3. The van der Waals surface area contributed by atoms with E-state index in [2.05, 4.69) is 0 Å². The summed E-state index contributed by atoms with van der Waals surface area (Å²) in [5.74, 6) is -0.648. The molecule has 0 saturated carbocycles. The molecule has 27 heavy (non-hydrogen) atoms. The van der Waals surface area contributed by atoms with Crippen LogP contribution < -0.4 is 14.4 Å². The Bertz CT molecular complexity index is 723. The number of rotatable bonds is 5. The third kappa shape index (κ3) is 4.45. The molecule has 0 aliphatic carbocycles. The maximum absolute atomic E-state index is 12.8. The predicted molar refractivity (Wildman–Crippen MR) is 90.8 cm³/mol. The molecule has 0 aromatic heterocycles. The van der Waals surface area contributed by atoms with Crippen LogP contribution in [0.5, 0.6) is 11.5 Å². The standard InChI is InChI=1S/C18H21F3N2O4/c1-2-5-22(11-18(19,20)21)17(25)12-8-16(24)23(10-12)13-3-4-14-15(9-13)27-7-6-26-14/h3-4,9,12H,2,5-8,10-11H2,1H3. The molecular formula is C18H21F3N2O4. The van der Waals surface area contributed by atoms with Gasteiger partial charge in [-0.25, -0.2) is 0 Å². The highest BCUT2D eigenvalue weighted by Crippen LogP contribution is 2.36. The van der Waals surface area contributed by atoms with Crippen LogP contribution in [0.25, 0.3) is 0 Å². The molecule has 1 unspecified atom stereocenters. The molecule has 2 aliphatic rings. The van der Waals surface area contributed by atoms with Crippen molar-refractivity contribution in [2.24, 2.45) is 5.92 Å². The predicted octanol–water partition coefficient (Wildman–Crippen LogP) is 2.61. The van der Waals surface area contributed by atoms with Gasteiger partial charge in [0.15, 0.2) is 11.5 Å². The summed E-state index contributed by atoms with van der Waals surface area (Å²) in [6.07, 6.45) is -4.16. The van der Waals surface area contributed by atoms with Gasteiger partial charge in [0.05, 0.1) is 5.92 Å². The Balaban J connectivity index is 1.73. The van der Waals surface area contributed by atoms with Gasteiger partial charge in [0, 0.05) is 31.3 Å². The fourth-order valence-corrected chi connectivity index (χ4v) is 3.33. The molecule has 3 rings (SSSR count). The van der Waals surface area contributed by atoms with Crippen LogP contribution in [-0.2, 0) is 9.59 Å². The number of nitrogens with zero attached hydrogens (tertiary/aromatic N) is 2. The van der Waals surface area contributed by atoms with Gasteiger partial charge >= 0.3 is 6.18 Å². The first-order valence-corrected chi connectivity index (χ1v) is 8.84.